The molecule has 5 nitrogen and oxygen atoms in total. The molecule has 1 aliphatic carbocycles. The van der Waals surface area contributed by atoms with Gasteiger partial charge in [0.15, 0.2) is 0 Å². The number of amides is 1. The maximum Gasteiger partial charge on any atom is 0.407 e. The zero-order valence-corrected chi connectivity index (χ0v) is 14.8. The smallest absolute Gasteiger partial charge is 0.407 e. The first-order valence-electron chi connectivity index (χ1n) is 8.06. The molecular formula is C17H31NO4. The molecule has 0 saturated heterocycles. The summed E-state index contributed by atoms with van der Waals surface area (Å²) in [6, 6.07) is 0. The number of aliphatic carboxylic acids is 1. The van der Waals surface area contributed by atoms with Gasteiger partial charge in [-0.05, 0) is 57.8 Å². The largest absolute Gasteiger partial charge is 0.481 e. The van der Waals surface area contributed by atoms with Crippen LogP contribution in [-0.2, 0) is 9.53 Å². The number of carbonyl (C=O) groups excluding carboxylic acids is 1. The Hall–Kier alpha value is -1.26. The second kappa shape index (κ2) is 6.47. The van der Waals surface area contributed by atoms with E-state index in [1.807, 2.05) is 0 Å². The second-order valence-electron chi connectivity index (χ2n) is 8.58. The summed E-state index contributed by atoms with van der Waals surface area (Å²) in [5.41, 5.74) is -1.24. The van der Waals surface area contributed by atoms with Crippen LogP contribution in [0, 0.1) is 16.7 Å². The molecule has 128 valence electrons. The van der Waals surface area contributed by atoms with Crippen LogP contribution in [0.2, 0.25) is 0 Å². The molecule has 0 bridgehead atoms. The summed E-state index contributed by atoms with van der Waals surface area (Å²) >= 11 is 0. The Bertz CT molecular complexity index is 409. The van der Waals surface area contributed by atoms with Crippen LogP contribution in [0.3, 0.4) is 0 Å². The fourth-order valence-corrected chi connectivity index (χ4v) is 3.06. The number of carboxylic acids is 1. The van der Waals surface area contributed by atoms with Gasteiger partial charge in [-0.25, -0.2) is 4.79 Å². The Kier molecular flexibility index (Phi) is 5.52. The van der Waals surface area contributed by atoms with E-state index >= 15 is 0 Å². The average Bonchev–Trinajstić information content (AvgIpc) is 2.33. The van der Waals surface area contributed by atoms with Crippen LogP contribution < -0.4 is 5.32 Å². The molecule has 5 heteroatoms. The Morgan fingerprint density at radius 2 is 1.64 bits per heavy atom. The third kappa shape index (κ3) is 5.18. The van der Waals surface area contributed by atoms with Gasteiger partial charge in [0, 0.05) is 6.54 Å². The van der Waals surface area contributed by atoms with E-state index in [-0.39, 0.29) is 12.0 Å². The highest BCUT2D eigenvalue weighted by atomic mass is 16.6. The minimum atomic E-state index is -0.862. The summed E-state index contributed by atoms with van der Waals surface area (Å²) in [6.07, 6.45) is 2.41. The second-order valence-corrected chi connectivity index (χ2v) is 8.58. The van der Waals surface area contributed by atoms with E-state index in [9.17, 15) is 14.7 Å². The minimum absolute atomic E-state index is 0.133. The third-order valence-electron chi connectivity index (χ3n) is 4.59. The lowest BCUT2D eigenvalue weighted by atomic mass is 9.64. The number of rotatable bonds is 3. The van der Waals surface area contributed by atoms with Gasteiger partial charge >= 0.3 is 12.1 Å². The number of hydrogen-bond acceptors (Lipinski definition) is 3. The monoisotopic (exact) mass is 313 g/mol. The first kappa shape index (κ1) is 18.8. The van der Waals surface area contributed by atoms with Crippen LogP contribution in [-0.4, -0.2) is 29.3 Å². The Morgan fingerprint density at radius 1 is 1.14 bits per heavy atom. The molecule has 1 fully saturated rings. The van der Waals surface area contributed by atoms with E-state index in [1.54, 1.807) is 20.8 Å². The molecule has 1 amide bonds. The topological polar surface area (TPSA) is 75.6 Å². The Morgan fingerprint density at radius 3 is 2.00 bits per heavy atom. The van der Waals surface area contributed by atoms with Gasteiger partial charge in [-0.1, -0.05) is 20.8 Å². The van der Waals surface area contributed by atoms with Crippen molar-refractivity contribution in [3.63, 3.8) is 0 Å². The van der Waals surface area contributed by atoms with Crippen LogP contribution in [0.15, 0.2) is 0 Å². The van der Waals surface area contributed by atoms with Crippen molar-refractivity contribution in [1.82, 2.24) is 5.32 Å². The normalized spacial score (nSPS) is 26.4. The molecule has 2 N–H and O–H groups in total. The van der Waals surface area contributed by atoms with Crippen molar-refractivity contribution in [3.05, 3.63) is 0 Å². The number of ether oxygens (including phenoxy) is 1. The van der Waals surface area contributed by atoms with Crippen molar-refractivity contribution in [2.45, 2.75) is 72.8 Å². The predicted molar refractivity (Wildman–Crippen MR) is 85.7 cm³/mol. The van der Waals surface area contributed by atoms with Crippen LogP contribution >= 0.6 is 0 Å². The van der Waals surface area contributed by atoms with E-state index in [0.717, 1.165) is 12.8 Å². The maximum absolute atomic E-state index is 11.8. The molecule has 0 heterocycles. The van der Waals surface area contributed by atoms with Crippen molar-refractivity contribution in [2.24, 2.45) is 16.7 Å². The first-order chi connectivity index (χ1) is 9.86. The standard InChI is InChI=1S/C17H31NO4/c1-15(2,3)12-7-9-17(10-8-12,13(19)20)11-18-14(21)22-16(4,5)6/h12H,7-11H2,1-6H3,(H,18,21)(H,19,20). The highest BCUT2D eigenvalue weighted by Gasteiger charge is 2.44. The van der Waals surface area contributed by atoms with Gasteiger partial charge in [0.25, 0.3) is 0 Å². The lowest BCUT2D eigenvalue weighted by Gasteiger charge is -2.41. The molecule has 22 heavy (non-hydrogen) atoms. The molecule has 0 spiro atoms. The van der Waals surface area contributed by atoms with Gasteiger partial charge in [-0.3, -0.25) is 4.79 Å². The molecule has 0 radical (unpaired) electrons. The van der Waals surface area contributed by atoms with Crippen molar-refractivity contribution in [3.8, 4) is 0 Å². The number of carboxylic acid groups (broad SMARTS) is 1. The number of carbonyl (C=O) groups is 2. The van der Waals surface area contributed by atoms with E-state index in [1.165, 1.54) is 0 Å². The quantitative estimate of drug-likeness (QED) is 0.830. The van der Waals surface area contributed by atoms with E-state index < -0.39 is 23.1 Å². The van der Waals surface area contributed by atoms with Gasteiger partial charge in [-0.15, -0.1) is 0 Å². The fourth-order valence-electron chi connectivity index (χ4n) is 3.06. The lowest BCUT2D eigenvalue weighted by molar-refractivity contribution is -0.151. The molecule has 0 aliphatic heterocycles. The van der Waals surface area contributed by atoms with Crippen molar-refractivity contribution >= 4 is 12.1 Å². The van der Waals surface area contributed by atoms with Crippen LogP contribution in [0.5, 0.6) is 0 Å². The van der Waals surface area contributed by atoms with Gasteiger partial charge in [-0.2, -0.15) is 0 Å². The fraction of sp³-hybridized carbons (Fsp3) is 0.882. The summed E-state index contributed by atoms with van der Waals surface area (Å²) < 4.78 is 5.19. The molecule has 1 aliphatic rings. The summed E-state index contributed by atoms with van der Waals surface area (Å²) in [5.74, 6) is -0.294. The lowest BCUT2D eigenvalue weighted by Crippen LogP contribution is -2.47. The summed E-state index contributed by atoms with van der Waals surface area (Å²) in [7, 11) is 0. The Balaban J connectivity index is 2.64. The molecule has 0 unspecified atom stereocenters. The molecular weight excluding hydrogens is 282 g/mol. The molecule has 1 rings (SSSR count). The maximum atomic E-state index is 11.8. The molecule has 0 aromatic carbocycles. The zero-order valence-electron chi connectivity index (χ0n) is 14.8. The Labute approximate surface area is 133 Å². The molecule has 0 aromatic heterocycles. The number of hydrogen-bond donors (Lipinski definition) is 2. The molecule has 0 aromatic rings. The summed E-state index contributed by atoms with van der Waals surface area (Å²) in [6.45, 7) is 12.1. The van der Waals surface area contributed by atoms with Gasteiger partial charge < -0.3 is 15.2 Å². The van der Waals surface area contributed by atoms with Crippen molar-refractivity contribution < 1.29 is 19.4 Å². The van der Waals surface area contributed by atoms with Crippen molar-refractivity contribution in [1.29, 1.82) is 0 Å². The van der Waals surface area contributed by atoms with E-state index in [0.29, 0.717) is 18.8 Å². The number of nitrogens with one attached hydrogen (secondary N) is 1. The zero-order chi connectivity index (χ0) is 17.2. The summed E-state index contributed by atoms with van der Waals surface area (Å²) in [5, 5.41) is 12.3. The van der Waals surface area contributed by atoms with Crippen LogP contribution in [0.4, 0.5) is 4.79 Å². The van der Waals surface area contributed by atoms with Crippen molar-refractivity contribution in [2.75, 3.05) is 6.54 Å². The average molecular weight is 313 g/mol. The van der Waals surface area contributed by atoms with Gasteiger partial charge in [0.05, 0.1) is 5.41 Å². The van der Waals surface area contributed by atoms with Gasteiger partial charge in [0.1, 0.15) is 5.60 Å². The van der Waals surface area contributed by atoms with Crippen LogP contribution in [0.1, 0.15) is 67.2 Å². The van der Waals surface area contributed by atoms with E-state index in [4.69, 9.17) is 4.74 Å². The predicted octanol–water partition coefficient (Wildman–Crippen LogP) is 3.82. The van der Waals surface area contributed by atoms with Gasteiger partial charge in [0.2, 0.25) is 0 Å². The first-order valence-corrected chi connectivity index (χ1v) is 8.06. The van der Waals surface area contributed by atoms with Crippen LogP contribution in [0.25, 0.3) is 0 Å². The summed E-state index contributed by atoms with van der Waals surface area (Å²) in [4.78, 5) is 23.5. The number of alkyl carbamates (subject to hydrolysis) is 1. The highest BCUT2D eigenvalue weighted by Crippen LogP contribution is 2.45. The molecule has 0 atom stereocenters. The SMILES string of the molecule is CC(C)(C)OC(=O)NCC1(C(=O)O)CCC(C(C)(C)C)CC1. The third-order valence-corrected chi connectivity index (χ3v) is 4.59. The highest BCUT2D eigenvalue weighted by molar-refractivity contribution is 5.76. The molecule has 1 saturated carbocycles. The van der Waals surface area contributed by atoms with E-state index in [2.05, 4.69) is 26.1 Å². The minimum Gasteiger partial charge on any atom is -0.481 e.